The monoisotopic (exact) mass is 259 g/mol. The zero-order valence-electron chi connectivity index (χ0n) is 7.19. The van der Waals surface area contributed by atoms with Crippen molar-refractivity contribution >= 4 is 27.9 Å². The summed E-state index contributed by atoms with van der Waals surface area (Å²) in [5, 5.41) is 10.6. The highest BCUT2D eigenvalue weighted by Crippen LogP contribution is 2.33. The van der Waals surface area contributed by atoms with Crippen molar-refractivity contribution in [3.05, 3.63) is 32.3 Å². The number of rotatable bonds is 3. The predicted octanol–water partition coefficient (Wildman–Crippen LogP) is 2.18. The molecule has 0 unspecified atom stereocenters. The van der Waals surface area contributed by atoms with Gasteiger partial charge in [-0.25, -0.2) is 0 Å². The van der Waals surface area contributed by atoms with Crippen LogP contribution >= 0.6 is 15.9 Å². The van der Waals surface area contributed by atoms with Gasteiger partial charge in [0.2, 0.25) is 0 Å². The maximum atomic E-state index is 10.6. The first-order valence-corrected chi connectivity index (χ1v) is 4.36. The Morgan fingerprint density at radius 2 is 2.21 bits per heavy atom. The van der Waals surface area contributed by atoms with Gasteiger partial charge in [-0.2, -0.15) is 0 Å². The van der Waals surface area contributed by atoms with Gasteiger partial charge >= 0.3 is 5.69 Å². The van der Waals surface area contributed by atoms with Crippen LogP contribution in [-0.2, 0) is 0 Å². The Hall–Kier alpha value is -1.43. The van der Waals surface area contributed by atoms with Crippen LogP contribution in [0.4, 0.5) is 5.69 Å². The maximum Gasteiger partial charge on any atom is 0.321 e. The lowest BCUT2D eigenvalue weighted by atomic mass is 10.2. The van der Waals surface area contributed by atoms with E-state index >= 15 is 0 Å². The molecule has 1 rings (SSSR count). The van der Waals surface area contributed by atoms with Crippen LogP contribution in [0.2, 0.25) is 0 Å². The lowest BCUT2D eigenvalue weighted by molar-refractivity contribution is -0.386. The van der Waals surface area contributed by atoms with E-state index in [-0.39, 0.29) is 17.0 Å². The van der Waals surface area contributed by atoms with E-state index < -0.39 is 4.92 Å². The molecule has 0 aliphatic carbocycles. The molecule has 74 valence electrons. The average Bonchev–Trinajstić information content (AvgIpc) is 2.15. The zero-order valence-corrected chi connectivity index (χ0v) is 8.78. The minimum atomic E-state index is -0.644. The van der Waals surface area contributed by atoms with Crippen LogP contribution in [0, 0.1) is 10.1 Å². The Morgan fingerprint density at radius 3 is 2.64 bits per heavy atom. The number of carbonyl (C=O) groups excluding carboxylic acids is 1. The molecule has 1 aromatic rings. The number of hydrogen-bond donors (Lipinski definition) is 0. The SMILES string of the molecule is COc1cc(Br)cc(C=O)c1[N+](=O)[O-]. The van der Waals surface area contributed by atoms with Crippen molar-refractivity contribution in [2.75, 3.05) is 7.11 Å². The quantitative estimate of drug-likeness (QED) is 0.474. The highest BCUT2D eigenvalue weighted by Gasteiger charge is 2.21. The normalized spacial score (nSPS) is 9.57. The molecule has 0 spiro atoms. The molecule has 0 atom stereocenters. The van der Waals surface area contributed by atoms with Gasteiger partial charge in [0.25, 0.3) is 0 Å². The van der Waals surface area contributed by atoms with Crippen LogP contribution in [0.3, 0.4) is 0 Å². The third-order valence-electron chi connectivity index (χ3n) is 1.60. The summed E-state index contributed by atoms with van der Waals surface area (Å²) < 4.78 is 5.36. The van der Waals surface area contributed by atoms with E-state index in [1.807, 2.05) is 0 Å². The number of hydrogen-bond acceptors (Lipinski definition) is 4. The maximum absolute atomic E-state index is 10.6. The Balaban J connectivity index is 3.48. The summed E-state index contributed by atoms with van der Waals surface area (Å²) in [7, 11) is 1.31. The summed E-state index contributed by atoms with van der Waals surface area (Å²) in [5.41, 5.74) is -0.327. The van der Waals surface area contributed by atoms with Crippen molar-refractivity contribution in [2.24, 2.45) is 0 Å². The molecular formula is C8H6BrNO4. The van der Waals surface area contributed by atoms with Crippen LogP contribution in [-0.4, -0.2) is 18.3 Å². The second-order valence-electron chi connectivity index (χ2n) is 2.42. The fourth-order valence-electron chi connectivity index (χ4n) is 1.04. The van der Waals surface area contributed by atoms with Crippen LogP contribution in [0.15, 0.2) is 16.6 Å². The van der Waals surface area contributed by atoms with Gasteiger partial charge in [0.05, 0.1) is 17.6 Å². The van der Waals surface area contributed by atoms with Gasteiger partial charge in [-0.05, 0) is 6.07 Å². The van der Waals surface area contributed by atoms with Gasteiger partial charge in [-0.3, -0.25) is 14.9 Å². The van der Waals surface area contributed by atoms with Crippen molar-refractivity contribution in [3.63, 3.8) is 0 Å². The van der Waals surface area contributed by atoms with E-state index in [2.05, 4.69) is 15.9 Å². The molecule has 0 fully saturated rings. The number of aldehydes is 1. The Morgan fingerprint density at radius 1 is 1.57 bits per heavy atom. The lowest BCUT2D eigenvalue weighted by Gasteiger charge is -2.03. The first-order valence-electron chi connectivity index (χ1n) is 3.57. The van der Waals surface area contributed by atoms with E-state index in [0.717, 1.165) is 0 Å². The molecule has 0 heterocycles. The third-order valence-corrected chi connectivity index (χ3v) is 2.06. The first-order chi connectivity index (χ1) is 6.60. The van der Waals surface area contributed by atoms with Gasteiger partial charge < -0.3 is 4.74 Å². The molecule has 0 aliphatic rings. The number of nitrogens with zero attached hydrogens (tertiary/aromatic N) is 1. The first kappa shape index (κ1) is 10.6. The number of ether oxygens (including phenoxy) is 1. The standard InChI is InChI=1S/C8H6BrNO4/c1-14-7-3-6(9)2-5(4-11)8(7)10(12)13/h2-4H,1H3. The Bertz CT molecular complexity index is 391. The summed E-state index contributed by atoms with van der Waals surface area (Å²) >= 11 is 3.12. The van der Waals surface area contributed by atoms with E-state index in [0.29, 0.717) is 10.8 Å². The molecule has 0 saturated heterocycles. The summed E-state index contributed by atoms with van der Waals surface area (Å²) in [4.78, 5) is 20.6. The van der Waals surface area contributed by atoms with Gasteiger partial charge in [-0.15, -0.1) is 0 Å². The predicted molar refractivity (Wildman–Crippen MR) is 52.7 cm³/mol. The topological polar surface area (TPSA) is 69.4 Å². The summed E-state index contributed by atoms with van der Waals surface area (Å²) in [5.74, 6) is 0.0616. The van der Waals surface area contributed by atoms with E-state index in [9.17, 15) is 14.9 Å². The smallest absolute Gasteiger partial charge is 0.321 e. The molecule has 0 bridgehead atoms. The van der Waals surface area contributed by atoms with Crippen LogP contribution in [0.5, 0.6) is 5.75 Å². The van der Waals surface area contributed by atoms with Crippen molar-refractivity contribution in [1.29, 1.82) is 0 Å². The zero-order chi connectivity index (χ0) is 10.7. The highest BCUT2D eigenvalue weighted by atomic mass is 79.9. The molecule has 6 heteroatoms. The fraction of sp³-hybridized carbons (Fsp3) is 0.125. The van der Waals surface area contributed by atoms with Crippen molar-refractivity contribution in [1.82, 2.24) is 0 Å². The summed E-state index contributed by atoms with van der Waals surface area (Å²) in [6.07, 6.45) is 0.422. The summed E-state index contributed by atoms with van der Waals surface area (Å²) in [6, 6.07) is 2.80. The fourth-order valence-corrected chi connectivity index (χ4v) is 1.49. The Labute approximate surface area is 88.0 Å². The average molecular weight is 260 g/mol. The molecule has 0 amide bonds. The second-order valence-corrected chi connectivity index (χ2v) is 3.34. The molecule has 5 nitrogen and oxygen atoms in total. The molecule has 0 N–H and O–H groups in total. The van der Waals surface area contributed by atoms with E-state index in [1.165, 1.54) is 19.2 Å². The van der Waals surface area contributed by atoms with Crippen molar-refractivity contribution in [3.8, 4) is 5.75 Å². The van der Waals surface area contributed by atoms with Gasteiger partial charge in [0, 0.05) is 10.5 Å². The van der Waals surface area contributed by atoms with Gasteiger partial charge in [0.1, 0.15) is 0 Å². The number of nitro groups is 1. The number of benzene rings is 1. The number of nitro benzene ring substituents is 1. The van der Waals surface area contributed by atoms with E-state index in [1.54, 1.807) is 0 Å². The van der Waals surface area contributed by atoms with Crippen LogP contribution < -0.4 is 4.74 Å². The minimum Gasteiger partial charge on any atom is -0.490 e. The summed E-state index contributed by atoms with van der Waals surface area (Å²) in [6.45, 7) is 0. The van der Waals surface area contributed by atoms with Crippen LogP contribution in [0.25, 0.3) is 0 Å². The molecule has 14 heavy (non-hydrogen) atoms. The van der Waals surface area contributed by atoms with E-state index in [4.69, 9.17) is 4.74 Å². The molecule has 0 radical (unpaired) electrons. The number of carbonyl (C=O) groups is 1. The van der Waals surface area contributed by atoms with Gasteiger partial charge in [0.15, 0.2) is 12.0 Å². The van der Waals surface area contributed by atoms with Gasteiger partial charge in [-0.1, -0.05) is 15.9 Å². The number of methoxy groups -OCH3 is 1. The number of halogens is 1. The van der Waals surface area contributed by atoms with Crippen molar-refractivity contribution in [2.45, 2.75) is 0 Å². The molecular weight excluding hydrogens is 254 g/mol. The molecule has 1 aromatic carbocycles. The lowest BCUT2D eigenvalue weighted by Crippen LogP contribution is -1.98. The molecule has 0 aliphatic heterocycles. The molecule has 0 saturated carbocycles. The Kier molecular flexibility index (Phi) is 3.19. The second kappa shape index (κ2) is 4.19. The highest BCUT2D eigenvalue weighted by molar-refractivity contribution is 9.10. The minimum absolute atomic E-state index is 0.0128. The van der Waals surface area contributed by atoms with Crippen molar-refractivity contribution < 1.29 is 14.5 Å². The third kappa shape index (κ3) is 1.90. The molecule has 0 aromatic heterocycles. The van der Waals surface area contributed by atoms with Crippen LogP contribution in [0.1, 0.15) is 10.4 Å². The largest absolute Gasteiger partial charge is 0.490 e.